The molecular formula is C21H30N4O4. The summed E-state index contributed by atoms with van der Waals surface area (Å²) in [5.74, 6) is 0.810. The van der Waals surface area contributed by atoms with Crippen molar-refractivity contribution in [1.29, 1.82) is 0 Å². The van der Waals surface area contributed by atoms with Gasteiger partial charge in [-0.2, -0.15) is 5.10 Å². The summed E-state index contributed by atoms with van der Waals surface area (Å²) < 4.78 is 11.7. The fourth-order valence-electron chi connectivity index (χ4n) is 2.97. The van der Waals surface area contributed by atoms with Crippen LogP contribution in [0.4, 0.5) is 0 Å². The normalized spacial score (nSPS) is 11.9. The number of hydrogen-bond donors (Lipinski definition) is 1. The third-order valence-corrected chi connectivity index (χ3v) is 4.87. The molecule has 2 rings (SSSR count). The minimum Gasteiger partial charge on any atom is -0.497 e. The minimum absolute atomic E-state index is 0.252. The Hall–Kier alpha value is -2.87. The predicted molar refractivity (Wildman–Crippen MR) is 113 cm³/mol. The van der Waals surface area contributed by atoms with Crippen LogP contribution in [0.15, 0.2) is 35.1 Å². The van der Waals surface area contributed by atoms with E-state index in [4.69, 9.17) is 9.47 Å². The fourth-order valence-corrected chi connectivity index (χ4v) is 2.97. The van der Waals surface area contributed by atoms with Gasteiger partial charge in [0.2, 0.25) is 5.91 Å². The van der Waals surface area contributed by atoms with Gasteiger partial charge in [0.15, 0.2) is 5.75 Å². The highest BCUT2D eigenvalue weighted by Gasteiger charge is 2.20. The topological polar surface area (TPSA) is 85.7 Å². The van der Waals surface area contributed by atoms with E-state index in [0.29, 0.717) is 23.7 Å². The molecule has 1 aromatic carbocycles. The van der Waals surface area contributed by atoms with Crippen molar-refractivity contribution in [2.45, 2.75) is 26.8 Å². The first-order valence-corrected chi connectivity index (χ1v) is 9.77. The zero-order valence-corrected chi connectivity index (χ0v) is 17.8. The standard InChI is InChI=1S/C21H30N4O4/c1-6-24(7-2)13-12-22-21(27)15(3)25-19(26)14-18(29-5)20(23-25)16-8-10-17(28-4)11-9-16/h8-11,14-15H,6-7,12-13H2,1-5H3,(H,22,27)/t15-/m0/s1. The van der Waals surface area contributed by atoms with Crippen LogP contribution >= 0.6 is 0 Å². The van der Waals surface area contributed by atoms with Crippen LogP contribution in [-0.4, -0.2) is 61.0 Å². The number of nitrogens with one attached hydrogen (secondary N) is 1. The van der Waals surface area contributed by atoms with E-state index in [-0.39, 0.29) is 5.91 Å². The fraction of sp³-hybridized carbons (Fsp3) is 0.476. The second kappa shape index (κ2) is 10.6. The molecule has 29 heavy (non-hydrogen) atoms. The van der Waals surface area contributed by atoms with Crippen molar-refractivity contribution >= 4 is 5.91 Å². The number of benzene rings is 1. The number of aromatic nitrogens is 2. The number of methoxy groups -OCH3 is 2. The van der Waals surface area contributed by atoms with Crippen molar-refractivity contribution in [1.82, 2.24) is 20.0 Å². The third kappa shape index (κ3) is 5.57. The monoisotopic (exact) mass is 402 g/mol. The average molecular weight is 402 g/mol. The molecule has 2 aromatic rings. The number of likely N-dealkylation sites (N-methyl/N-ethyl adjacent to an activating group) is 1. The molecule has 0 aliphatic heterocycles. The molecule has 0 bridgehead atoms. The Morgan fingerprint density at radius 1 is 1.17 bits per heavy atom. The molecule has 0 saturated heterocycles. The highest BCUT2D eigenvalue weighted by Crippen LogP contribution is 2.28. The minimum atomic E-state index is -0.748. The lowest BCUT2D eigenvalue weighted by Crippen LogP contribution is -2.40. The lowest BCUT2D eigenvalue weighted by atomic mass is 10.1. The van der Waals surface area contributed by atoms with Gasteiger partial charge in [0.25, 0.3) is 5.56 Å². The molecule has 0 fully saturated rings. The molecule has 1 aromatic heterocycles. The summed E-state index contributed by atoms with van der Waals surface area (Å²) in [6, 6.07) is 7.86. The number of amides is 1. The maximum Gasteiger partial charge on any atom is 0.271 e. The summed E-state index contributed by atoms with van der Waals surface area (Å²) in [5.41, 5.74) is 0.841. The SMILES string of the molecule is CCN(CC)CCNC(=O)[C@H](C)n1nc(-c2ccc(OC)cc2)c(OC)cc1=O. The van der Waals surface area contributed by atoms with E-state index in [1.165, 1.54) is 17.9 Å². The molecule has 0 saturated carbocycles. The first kappa shape index (κ1) is 22.4. The van der Waals surface area contributed by atoms with Gasteiger partial charge >= 0.3 is 0 Å². The summed E-state index contributed by atoms with van der Waals surface area (Å²) in [5, 5.41) is 7.31. The Balaban J connectivity index is 2.25. The molecule has 0 aliphatic carbocycles. The van der Waals surface area contributed by atoms with Crippen molar-refractivity contribution in [2.75, 3.05) is 40.4 Å². The Morgan fingerprint density at radius 2 is 1.83 bits per heavy atom. The van der Waals surface area contributed by atoms with Crippen molar-refractivity contribution < 1.29 is 14.3 Å². The number of carbonyl (C=O) groups excluding carboxylic acids is 1. The molecular weight excluding hydrogens is 372 g/mol. The van der Waals surface area contributed by atoms with Gasteiger partial charge in [0.05, 0.1) is 14.2 Å². The van der Waals surface area contributed by atoms with E-state index in [1.54, 1.807) is 26.2 Å². The summed E-state index contributed by atoms with van der Waals surface area (Å²) in [6.07, 6.45) is 0. The van der Waals surface area contributed by atoms with Gasteiger partial charge in [-0.05, 0) is 44.3 Å². The predicted octanol–water partition coefficient (Wildman–Crippen LogP) is 1.95. The average Bonchev–Trinajstić information content (AvgIpc) is 2.76. The molecule has 1 N–H and O–H groups in total. The van der Waals surface area contributed by atoms with Gasteiger partial charge in [-0.15, -0.1) is 0 Å². The van der Waals surface area contributed by atoms with E-state index in [0.717, 1.165) is 25.2 Å². The van der Waals surface area contributed by atoms with Crippen LogP contribution in [0.5, 0.6) is 11.5 Å². The van der Waals surface area contributed by atoms with Crippen LogP contribution in [-0.2, 0) is 4.79 Å². The van der Waals surface area contributed by atoms with Crippen LogP contribution in [0.1, 0.15) is 26.8 Å². The zero-order chi connectivity index (χ0) is 21.4. The Kier molecular flexibility index (Phi) is 8.21. The van der Waals surface area contributed by atoms with E-state index in [2.05, 4.69) is 29.2 Å². The van der Waals surface area contributed by atoms with Gasteiger partial charge in [-0.1, -0.05) is 13.8 Å². The Labute approximate surface area is 171 Å². The van der Waals surface area contributed by atoms with Crippen molar-refractivity contribution in [3.05, 3.63) is 40.7 Å². The summed E-state index contributed by atoms with van der Waals surface area (Å²) in [4.78, 5) is 27.3. The largest absolute Gasteiger partial charge is 0.497 e. The third-order valence-electron chi connectivity index (χ3n) is 4.87. The van der Waals surface area contributed by atoms with Crippen LogP contribution in [0, 0.1) is 0 Å². The summed E-state index contributed by atoms with van der Waals surface area (Å²) in [6.45, 7) is 8.93. The van der Waals surface area contributed by atoms with E-state index < -0.39 is 11.6 Å². The van der Waals surface area contributed by atoms with E-state index in [9.17, 15) is 9.59 Å². The van der Waals surface area contributed by atoms with Gasteiger partial charge in [0.1, 0.15) is 17.5 Å². The van der Waals surface area contributed by atoms with Crippen molar-refractivity contribution in [3.8, 4) is 22.8 Å². The molecule has 1 atom stereocenters. The molecule has 0 spiro atoms. The number of nitrogens with zero attached hydrogens (tertiary/aromatic N) is 3. The molecule has 1 heterocycles. The molecule has 0 radical (unpaired) electrons. The lowest BCUT2D eigenvalue weighted by Gasteiger charge is -2.20. The van der Waals surface area contributed by atoms with Crippen molar-refractivity contribution in [3.63, 3.8) is 0 Å². The second-order valence-corrected chi connectivity index (χ2v) is 6.57. The number of hydrogen-bond acceptors (Lipinski definition) is 6. The lowest BCUT2D eigenvalue weighted by molar-refractivity contribution is -0.124. The molecule has 1 amide bonds. The molecule has 0 unspecified atom stereocenters. The first-order chi connectivity index (χ1) is 13.9. The van der Waals surface area contributed by atoms with Crippen LogP contribution in [0.2, 0.25) is 0 Å². The van der Waals surface area contributed by atoms with Gasteiger partial charge in [-0.25, -0.2) is 4.68 Å². The molecule has 8 heteroatoms. The molecule has 8 nitrogen and oxygen atoms in total. The quantitative estimate of drug-likeness (QED) is 0.654. The van der Waals surface area contributed by atoms with Gasteiger partial charge < -0.3 is 19.7 Å². The smallest absolute Gasteiger partial charge is 0.271 e. The molecule has 158 valence electrons. The summed E-state index contributed by atoms with van der Waals surface area (Å²) >= 11 is 0. The zero-order valence-electron chi connectivity index (χ0n) is 17.8. The van der Waals surface area contributed by atoms with E-state index in [1.807, 2.05) is 12.1 Å². The number of rotatable bonds is 10. The number of carbonyl (C=O) groups is 1. The van der Waals surface area contributed by atoms with Crippen LogP contribution < -0.4 is 20.3 Å². The Bertz CT molecular complexity index is 860. The maximum absolute atomic E-state index is 12.6. The highest BCUT2D eigenvalue weighted by atomic mass is 16.5. The maximum atomic E-state index is 12.6. The highest BCUT2D eigenvalue weighted by molar-refractivity contribution is 5.79. The van der Waals surface area contributed by atoms with E-state index >= 15 is 0 Å². The van der Waals surface area contributed by atoms with Gasteiger partial charge in [-0.3, -0.25) is 9.59 Å². The Morgan fingerprint density at radius 3 is 2.38 bits per heavy atom. The van der Waals surface area contributed by atoms with Crippen molar-refractivity contribution in [2.24, 2.45) is 0 Å². The molecule has 0 aliphatic rings. The van der Waals surface area contributed by atoms with Crippen LogP contribution in [0.25, 0.3) is 11.3 Å². The first-order valence-electron chi connectivity index (χ1n) is 9.77. The second-order valence-electron chi connectivity index (χ2n) is 6.57. The number of ether oxygens (including phenoxy) is 2. The van der Waals surface area contributed by atoms with Crippen LogP contribution in [0.3, 0.4) is 0 Å². The van der Waals surface area contributed by atoms with Gasteiger partial charge in [0, 0.05) is 24.7 Å². The summed E-state index contributed by atoms with van der Waals surface area (Å²) in [7, 11) is 3.08.